The molecular weight excluding hydrogens is 684 g/mol. The maximum Gasteiger partial charge on any atom is 0.303 e. The van der Waals surface area contributed by atoms with Crippen molar-refractivity contribution in [3.8, 4) is 5.75 Å². The molecule has 5 rings (SSSR count). The summed E-state index contributed by atoms with van der Waals surface area (Å²) in [6.45, 7) is 21.0. The lowest BCUT2D eigenvalue weighted by molar-refractivity contribution is -0.138. The fourth-order valence-electron chi connectivity index (χ4n) is 6.75. The molecule has 0 spiro atoms. The normalized spacial score (nSPS) is 15.6. The van der Waals surface area contributed by atoms with Gasteiger partial charge in [-0.05, 0) is 111 Å². The molecule has 0 radical (unpaired) electrons. The third-order valence-corrected chi connectivity index (χ3v) is 9.92. The molecular formula is C43H50N4O7. The van der Waals surface area contributed by atoms with Gasteiger partial charge in [-0.3, -0.25) is 19.2 Å². The van der Waals surface area contributed by atoms with Gasteiger partial charge in [0.15, 0.2) is 0 Å². The molecule has 0 fully saturated rings. The van der Waals surface area contributed by atoms with Crippen molar-refractivity contribution >= 4 is 35.9 Å². The quantitative estimate of drug-likeness (QED) is 0.0957. The molecule has 0 bridgehead atoms. The van der Waals surface area contributed by atoms with E-state index in [4.69, 9.17) is 0 Å². The number of carbonyl (C=O) groups excluding carboxylic acids is 2. The number of aliphatic carboxylic acids is 2. The Morgan fingerprint density at radius 2 is 1.24 bits per heavy atom. The lowest BCUT2D eigenvalue weighted by Crippen LogP contribution is -2.15. The van der Waals surface area contributed by atoms with Crippen LogP contribution in [0.15, 0.2) is 77.2 Å². The van der Waals surface area contributed by atoms with Gasteiger partial charge >= 0.3 is 11.9 Å². The van der Waals surface area contributed by atoms with Crippen molar-refractivity contribution in [1.82, 2.24) is 20.6 Å². The number of phenolic OH excluding ortho intramolecular Hbond substituents is 1. The Bertz CT molecular complexity index is 2170. The number of carboxylic acids is 2. The minimum Gasteiger partial charge on any atom is -0.508 e. The van der Waals surface area contributed by atoms with E-state index in [2.05, 4.69) is 47.6 Å². The van der Waals surface area contributed by atoms with Crippen LogP contribution >= 0.6 is 0 Å². The number of rotatable bonds is 13. The molecule has 4 heterocycles. The first kappa shape index (κ1) is 40.7. The summed E-state index contributed by atoms with van der Waals surface area (Å²) in [5.41, 5.74) is 12.3. The average Bonchev–Trinajstić information content (AvgIpc) is 3.74. The summed E-state index contributed by atoms with van der Waals surface area (Å²) in [7, 11) is 0. The number of aromatic nitrogens is 2. The third-order valence-electron chi connectivity index (χ3n) is 9.92. The van der Waals surface area contributed by atoms with Gasteiger partial charge in [0.1, 0.15) is 5.75 Å². The highest BCUT2D eigenvalue weighted by Crippen LogP contribution is 2.32. The molecule has 54 heavy (non-hydrogen) atoms. The van der Waals surface area contributed by atoms with Gasteiger partial charge in [-0.2, -0.15) is 0 Å². The van der Waals surface area contributed by atoms with Gasteiger partial charge in [-0.1, -0.05) is 51.3 Å². The predicted molar refractivity (Wildman–Crippen MR) is 211 cm³/mol. The van der Waals surface area contributed by atoms with Crippen LogP contribution in [0.2, 0.25) is 0 Å². The van der Waals surface area contributed by atoms with Crippen LogP contribution in [-0.4, -0.2) is 49.0 Å². The van der Waals surface area contributed by atoms with Crippen molar-refractivity contribution < 1.29 is 34.5 Å². The van der Waals surface area contributed by atoms with Crippen molar-refractivity contribution in [2.45, 2.75) is 86.5 Å². The monoisotopic (exact) mass is 734 g/mol. The van der Waals surface area contributed by atoms with Crippen molar-refractivity contribution in [3.63, 3.8) is 0 Å². The summed E-state index contributed by atoms with van der Waals surface area (Å²) >= 11 is 0. The average molecular weight is 735 g/mol. The number of phenols is 1. The van der Waals surface area contributed by atoms with Crippen LogP contribution in [0.1, 0.15) is 103 Å². The second kappa shape index (κ2) is 17.2. The smallest absolute Gasteiger partial charge is 0.303 e. The molecule has 0 atom stereocenters. The topological polar surface area (TPSA) is 185 Å². The number of allylic oxidation sites excluding steroid dienone is 2. The van der Waals surface area contributed by atoms with Gasteiger partial charge in [-0.15, -0.1) is 0 Å². The molecule has 11 nitrogen and oxygen atoms in total. The Labute approximate surface area is 316 Å². The molecule has 3 aromatic rings. The molecule has 2 amide bonds. The molecule has 1 aromatic carbocycles. The van der Waals surface area contributed by atoms with E-state index in [0.717, 1.165) is 61.7 Å². The zero-order valence-corrected chi connectivity index (χ0v) is 32.0. The molecule has 0 saturated carbocycles. The second-order valence-corrected chi connectivity index (χ2v) is 13.9. The molecule has 2 aliphatic rings. The standard InChI is InChI=1S/C33H36N4O6.C10H14O/c1-7-20-19(6)32(42)37-27(20)14-25-18(5)23(10-12-31(40)41)29(35-25)15-28-22(9-11-30(38)39)17(4)24(34-28)13-26-16(3)21(8-2)33(43)36-26;1-7(2)9-5-4-8(3)6-10(9)11/h7-8,13-14,34-35H,1-2,9-12,15H2,3-6H3,(H,36,43)(H,37,42)(H,38,39)(H,40,41);4-7,11H,1-3H3/b26-13-,27-14-;. The molecule has 11 heteroatoms. The fraction of sp³-hybridized carbons (Fsp3) is 0.302. The van der Waals surface area contributed by atoms with Crippen molar-refractivity contribution in [2.75, 3.05) is 0 Å². The maximum atomic E-state index is 12.3. The Balaban J connectivity index is 0.000000506. The van der Waals surface area contributed by atoms with E-state index in [0.29, 0.717) is 46.2 Å². The summed E-state index contributed by atoms with van der Waals surface area (Å²) in [5.74, 6) is -1.46. The maximum absolute atomic E-state index is 12.3. The van der Waals surface area contributed by atoms with Crippen LogP contribution in [0, 0.1) is 20.8 Å². The van der Waals surface area contributed by atoms with Gasteiger partial charge in [0.2, 0.25) is 0 Å². The van der Waals surface area contributed by atoms with E-state index in [9.17, 15) is 34.5 Å². The van der Waals surface area contributed by atoms with E-state index >= 15 is 0 Å². The van der Waals surface area contributed by atoms with Gasteiger partial charge in [0.25, 0.3) is 11.8 Å². The summed E-state index contributed by atoms with van der Waals surface area (Å²) < 4.78 is 0. The SMILES string of the molecule is C=CC1=C(C)/C(=C/c2[nH]c(Cc3[nH]c(/C=C4\NC(=O)C(C)=C4C=C)c(C)c3CCC(=O)O)c(CCC(=O)O)c2C)NC1=O.Cc1ccc(C(C)C)c(O)c1. The van der Waals surface area contributed by atoms with E-state index in [1.54, 1.807) is 19.1 Å². The minimum absolute atomic E-state index is 0.0688. The van der Waals surface area contributed by atoms with Crippen LogP contribution in [0.4, 0.5) is 0 Å². The fourth-order valence-corrected chi connectivity index (χ4v) is 6.75. The van der Waals surface area contributed by atoms with E-state index in [1.807, 2.05) is 52.0 Å². The molecule has 0 saturated heterocycles. The molecule has 2 aromatic heterocycles. The van der Waals surface area contributed by atoms with Gasteiger partial charge in [0.05, 0.1) is 5.70 Å². The van der Waals surface area contributed by atoms with Crippen molar-refractivity contribution in [1.29, 1.82) is 0 Å². The number of H-pyrrole nitrogens is 2. The lowest BCUT2D eigenvalue weighted by atomic mass is 9.98. The molecule has 2 aliphatic heterocycles. The largest absolute Gasteiger partial charge is 0.508 e. The number of benzene rings is 1. The Hall–Kier alpha value is -6.10. The van der Waals surface area contributed by atoms with Crippen LogP contribution in [0.25, 0.3) is 12.2 Å². The molecule has 0 unspecified atom stereocenters. The van der Waals surface area contributed by atoms with Crippen LogP contribution in [-0.2, 0) is 38.4 Å². The number of carboxylic acid groups (broad SMARTS) is 2. The summed E-state index contributed by atoms with van der Waals surface area (Å²) in [6.07, 6.45) is 7.58. The molecule has 7 N–H and O–H groups in total. The summed E-state index contributed by atoms with van der Waals surface area (Å²) in [4.78, 5) is 54.5. The van der Waals surface area contributed by atoms with Crippen molar-refractivity contribution in [3.05, 3.63) is 133 Å². The number of hydrogen-bond donors (Lipinski definition) is 7. The number of amides is 2. The number of aromatic hydroxyl groups is 1. The number of aromatic amines is 2. The Morgan fingerprint density at radius 3 is 1.69 bits per heavy atom. The van der Waals surface area contributed by atoms with Gasteiger partial charge < -0.3 is 35.9 Å². The first-order valence-corrected chi connectivity index (χ1v) is 17.8. The zero-order chi connectivity index (χ0) is 40.0. The summed E-state index contributed by atoms with van der Waals surface area (Å²) in [5, 5.41) is 34.0. The van der Waals surface area contributed by atoms with Gasteiger partial charge in [0, 0.05) is 64.5 Å². The second-order valence-electron chi connectivity index (χ2n) is 13.9. The van der Waals surface area contributed by atoms with E-state index in [1.165, 1.54) is 6.08 Å². The number of aryl methyl sites for hydroxylation is 1. The zero-order valence-electron chi connectivity index (χ0n) is 32.0. The van der Waals surface area contributed by atoms with Crippen LogP contribution < -0.4 is 10.6 Å². The van der Waals surface area contributed by atoms with Gasteiger partial charge in [-0.25, -0.2) is 0 Å². The lowest BCUT2D eigenvalue weighted by Gasteiger charge is -2.07. The number of carbonyl (C=O) groups is 4. The van der Waals surface area contributed by atoms with Crippen molar-refractivity contribution in [2.24, 2.45) is 0 Å². The van der Waals surface area contributed by atoms with Crippen LogP contribution in [0.5, 0.6) is 5.75 Å². The van der Waals surface area contributed by atoms with E-state index < -0.39 is 11.9 Å². The predicted octanol–water partition coefficient (Wildman–Crippen LogP) is 7.36. The Kier molecular flexibility index (Phi) is 12.9. The first-order chi connectivity index (χ1) is 25.5. The summed E-state index contributed by atoms with van der Waals surface area (Å²) in [6, 6.07) is 5.81. The molecule has 0 aliphatic carbocycles. The third kappa shape index (κ3) is 9.09. The number of nitrogens with one attached hydrogen (secondary N) is 4. The van der Waals surface area contributed by atoms with E-state index in [-0.39, 0.29) is 37.5 Å². The first-order valence-electron chi connectivity index (χ1n) is 17.8. The minimum atomic E-state index is -0.922. The highest BCUT2D eigenvalue weighted by Gasteiger charge is 2.25. The van der Waals surface area contributed by atoms with Crippen LogP contribution in [0.3, 0.4) is 0 Å². The highest BCUT2D eigenvalue weighted by atomic mass is 16.4. The Morgan fingerprint density at radius 1 is 0.741 bits per heavy atom. The number of hydrogen-bond acceptors (Lipinski definition) is 5. The molecule has 284 valence electrons. The highest BCUT2D eigenvalue weighted by molar-refractivity contribution is 6.03.